The van der Waals surface area contributed by atoms with Gasteiger partial charge in [0.05, 0.1) is 19.3 Å². The monoisotopic (exact) mass is 446 g/mol. The highest BCUT2D eigenvalue weighted by atomic mass is 35.5. The summed E-state index contributed by atoms with van der Waals surface area (Å²) in [7, 11) is 0. The Balaban J connectivity index is 1.33. The Hall–Kier alpha value is -2.39. The number of hydrogen-bond donors (Lipinski definition) is 1. The van der Waals surface area contributed by atoms with Crippen molar-refractivity contribution in [3.8, 4) is 0 Å². The summed E-state index contributed by atoms with van der Waals surface area (Å²) in [4.78, 5) is 14.6. The third-order valence-electron chi connectivity index (χ3n) is 4.79. The van der Waals surface area contributed by atoms with Gasteiger partial charge in [-0.3, -0.25) is 9.69 Å². The molecule has 1 atom stereocenters. The van der Waals surface area contributed by atoms with Crippen LogP contribution in [0.25, 0.3) is 0 Å². The molecule has 2 heterocycles. The number of halogens is 2. The van der Waals surface area contributed by atoms with Gasteiger partial charge in [0, 0.05) is 30.2 Å². The van der Waals surface area contributed by atoms with E-state index in [1.165, 1.54) is 23.5 Å². The van der Waals surface area contributed by atoms with Gasteiger partial charge in [-0.05, 0) is 23.8 Å². The molecule has 1 saturated heterocycles. The maximum atomic E-state index is 13.0. The predicted molar refractivity (Wildman–Crippen MR) is 113 cm³/mol. The quantitative estimate of drug-likeness (QED) is 0.623. The summed E-state index contributed by atoms with van der Waals surface area (Å²) in [6.07, 6.45) is -0.0983. The van der Waals surface area contributed by atoms with Crippen LogP contribution >= 0.6 is 22.9 Å². The Labute approximate surface area is 182 Å². The molecule has 1 aromatic heterocycles. The Morgan fingerprint density at radius 2 is 2.03 bits per heavy atom. The molecule has 0 radical (unpaired) electrons. The van der Waals surface area contributed by atoms with Gasteiger partial charge in [-0.15, -0.1) is 10.2 Å². The lowest BCUT2D eigenvalue weighted by Gasteiger charge is -2.32. The van der Waals surface area contributed by atoms with Crippen LogP contribution in [0, 0.1) is 5.82 Å². The minimum Gasteiger partial charge on any atom is -0.371 e. The van der Waals surface area contributed by atoms with E-state index in [9.17, 15) is 9.18 Å². The van der Waals surface area contributed by atoms with Gasteiger partial charge in [-0.2, -0.15) is 0 Å². The van der Waals surface area contributed by atoms with Gasteiger partial charge in [0.1, 0.15) is 10.8 Å². The highest BCUT2D eigenvalue weighted by Crippen LogP contribution is 2.29. The van der Waals surface area contributed by atoms with Crippen LogP contribution in [0.5, 0.6) is 0 Å². The number of benzene rings is 2. The van der Waals surface area contributed by atoms with E-state index in [-0.39, 0.29) is 17.8 Å². The van der Waals surface area contributed by atoms with Crippen LogP contribution in [0.1, 0.15) is 32.0 Å². The lowest BCUT2D eigenvalue weighted by molar-refractivity contribution is -0.0329. The first-order valence-electron chi connectivity index (χ1n) is 9.52. The fourth-order valence-corrected chi connectivity index (χ4v) is 4.29. The molecule has 1 aliphatic heterocycles. The number of nitrogens with one attached hydrogen (secondary N) is 1. The first-order chi connectivity index (χ1) is 14.6. The molecule has 9 heteroatoms. The molecule has 4 rings (SSSR count). The molecule has 2 aromatic carbocycles. The SMILES string of the molecule is O=C(NCc1ccc(F)cc1)c1nnc(CN2CCOC(c3ccccc3Cl)C2)s1. The van der Waals surface area contributed by atoms with E-state index >= 15 is 0 Å². The molecule has 0 saturated carbocycles. The smallest absolute Gasteiger partial charge is 0.282 e. The second-order valence-electron chi connectivity index (χ2n) is 6.93. The van der Waals surface area contributed by atoms with Gasteiger partial charge in [-0.1, -0.05) is 53.3 Å². The van der Waals surface area contributed by atoms with E-state index in [4.69, 9.17) is 16.3 Å². The number of carbonyl (C=O) groups is 1. The number of carbonyl (C=O) groups excluding carboxylic acids is 1. The van der Waals surface area contributed by atoms with Crippen molar-refractivity contribution < 1.29 is 13.9 Å². The van der Waals surface area contributed by atoms with E-state index in [0.29, 0.717) is 36.3 Å². The van der Waals surface area contributed by atoms with Crippen LogP contribution < -0.4 is 5.32 Å². The Kier molecular flexibility index (Phi) is 6.69. The molecule has 1 N–H and O–H groups in total. The number of ether oxygens (including phenoxy) is 1. The van der Waals surface area contributed by atoms with Gasteiger partial charge in [-0.25, -0.2) is 4.39 Å². The van der Waals surface area contributed by atoms with Crippen LogP contribution in [-0.4, -0.2) is 40.7 Å². The van der Waals surface area contributed by atoms with E-state index in [2.05, 4.69) is 20.4 Å². The molecule has 156 valence electrons. The van der Waals surface area contributed by atoms with Crippen LogP contribution in [-0.2, 0) is 17.8 Å². The Bertz CT molecular complexity index is 1010. The van der Waals surface area contributed by atoms with Gasteiger partial charge < -0.3 is 10.1 Å². The second kappa shape index (κ2) is 9.61. The number of nitrogens with zero attached hydrogens (tertiary/aromatic N) is 3. The molecule has 1 aliphatic rings. The highest BCUT2D eigenvalue weighted by Gasteiger charge is 2.25. The summed E-state index contributed by atoms with van der Waals surface area (Å²) >= 11 is 7.57. The first kappa shape index (κ1) is 20.9. The molecule has 30 heavy (non-hydrogen) atoms. The average Bonchev–Trinajstić information content (AvgIpc) is 3.22. The Morgan fingerprint density at radius 1 is 1.23 bits per heavy atom. The van der Waals surface area contributed by atoms with E-state index in [1.807, 2.05) is 24.3 Å². The second-order valence-corrected chi connectivity index (χ2v) is 8.40. The van der Waals surface area contributed by atoms with E-state index < -0.39 is 0 Å². The molecule has 1 amide bonds. The molecular formula is C21H20ClFN4O2S. The first-order valence-corrected chi connectivity index (χ1v) is 10.7. The third-order valence-corrected chi connectivity index (χ3v) is 6.04. The van der Waals surface area contributed by atoms with Crippen molar-refractivity contribution in [3.63, 3.8) is 0 Å². The molecular weight excluding hydrogens is 427 g/mol. The van der Waals surface area contributed by atoms with Crippen molar-refractivity contribution in [2.75, 3.05) is 19.7 Å². The van der Waals surface area contributed by atoms with Gasteiger partial charge in [0.15, 0.2) is 0 Å². The summed E-state index contributed by atoms with van der Waals surface area (Å²) in [5.74, 6) is -0.599. The maximum absolute atomic E-state index is 13.0. The molecule has 6 nitrogen and oxygen atoms in total. The largest absolute Gasteiger partial charge is 0.371 e. The number of hydrogen-bond acceptors (Lipinski definition) is 6. The molecule has 0 bridgehead atoms. The van der Waals surface area contributed by atoms with Crippen LogP contribution in [0.4, 0.5) is 4.39 Å². The van der Waals surface area contributed by atoms with Crippen LogP contribution in [0.2, 0.25) is 5.02 Å². The van der Waals surface area contributed by atoms with Crippen molar-refractivity contribution in [1.29, 1.82) is 0 Å². The van der Waals surface area contributed by atoms with Crippen molar-refractivity contribution in [3.05, 3.63) is 80.5 Å². The summed E-state index contributed by atoms with van der Waals surface area (Å²) in [6.45, 7) is 2.95. The molecule has 1 fully saturated rings. The standard InChI is InChI=1S/C21H20ClFN4O2S/c22-17-4-2-1-3-16(17)18-12-27(9-10-29-18)13-19-25-26-21(30-19)20(28)24-11-14-5-7-15(23)8-6-14/h1-8,18H,9-13H2,(H,24,28). The number of rotatable bonds is 6. The van der Waals surface area contributed by atoms with Crippen LogP contribution in [0.3, 0.4) is 0 Å². The minimum absolute atomic E-state index is 0.0983. The summed E-state index contributed by atoms with van der Waals surface area (Å²) in [6, 6.07) is 13.7. The zero-order valence-corrected chi connectivity index (χ0v) is 17.6. The fraction of sp³-hybridized carbons (Fsp3) is 0.286. The molecule has 0 spiro atoms. The lowest BCUT2D eigenvalue weighted by atomic mass is 10.1. The van der Waals surface area contributed by atoms with Crippen molar-refractivity contribution in [2.24, 2.45) is 0 Å². The zero-order valence-electron chi connectivity index (χ0n) is 16.1. The maximum Gasteiger partial charge on any atom is 0.282 e. The van der Waals surface area contributed by atoms with Gasteiger partial charge in [0.2, 0.25) is 5.01 Å². The average molecular weight is 447 g/mol. The molecule has 1 unspecified atom stereocenters. The minimum atomic E-state index is -0.307. The van der Waals surface area contributed by atoms with Gasteiger partial charge >= 0.3 is 0 Å². The molecule has 0 aliphatic carbocycles. The van der Waals surface area contributed by atoms with Gasteiger partial charge in [0.25, 0.3) is 5.91 Å². The lowest BCUT2D eigenvalue weighted by Crippen LogP contribution is -2.37. The number of amides is 1. The topological polar surface area (TPSA) is 67.4 Å². The summed E-state index contributed by atoms with van der Waals surface area (Å²) < 4.78 is 18.9. The Morgan fingerprint density at radius 3 is 2.83 bits per heavy atom. The predicted octanol–water partition coefficient (Wildman–Crippen LogP) is 3.83. The zero-order chi connectivity index (χ0) is 20.9. The number of morpholine rings is 1. The highest BCUT2D eigenvalue weighted by molar-refractivity contribution is 7.13. The normalized spacial score (nSPS) is 17.1. The molecule has 3 aromatic rings. The third kappa shape index (κ3) is 5.20. The van der Waals surface area contributed by atoms with Crippen LogP contribution in [0.15, 0.2) is 48.5 Å². The van der Waals surface area contributed by atoms with Crippen molar-refractivity contribution in [2.45, 2.75) is 19.2 Å². The van der Waals surface area contributed by atoms with E-state index in [1.54, 1.807) is 12.1 Å². The summed E-state index contributed by atoms with van der Waals surface area (Å²) in [5.41, 5.74) is 1.79. The fourth-order valence-electron chi connectivity index (χ4n) is 3.23. The summed E-state index contributed by atoms with van der Waals surface area (Å²) in [5, 5.41) is 12.7. The van der Waals surface area contributed by atoms with Crippen molar-refractivity contribution >= 4 is 28.8 Å². The number of aromatic nitrogens is 2. The van der Waals surface area contributed by atoms with Crippen molar-refractivity contribution in [1.82, 2.24) is 20.4 Å². The van der Waals surface area contributed by atoms with E-state index in [0.717, 1.165) is 22.7 Å².